The Balaban J connectivity index is 2.88. The van der Waals surface area contributed by atoms with Crippen molar-refractivity contribution >= 4 is 33.3 Å². The lowest BCUT2D eigenvalue weighted by Gasteiger charge is -1.86. The van der Waals surface area contributed by atoms with Gasteiger partial charge < -0.3 is 0 Å². The molecule has 0 saturated heterocycles. The fraction of sp³-hybridized carbons (Fsp3) is 0.200. The van der Waals surface area contributed by atoms with Gasteiger partial charge in [-0.05, 0) is 17.2 Å². The molecule has 0 aliphatic rings. The molecule has 0 N–H and O–H groups in total. The number of nitrogens with zero attached hydrogens (tertiary/aromatic N) is 2. The van der Waals surface area contributed by atoms with Crippen molar-refractivity contribution in [1.82, 2.24) is 9.78 Å². The van der Waals surface area contributed by atoms with E-state index in [0.29, 0.717) is 0 Å². The number of halogens is 1. The SMILES string of the molecule is O=C(Cl)n1cc([CH2][Al])cn1. The van der Waals surface area contributed by atoms with Gasteiger partial charge in [-0.1, -0.05) is 5.28 Å². The van der Waals surface area contributed by atoms with Crippen molar-refractivity contribution < 1.29 is 4.79 Å². The second-order valence-corrected chi connectivity index (χ2v) is 2.48. The van der Waals surface area contributed by atoms with Crippen molar-refractivity contribution in [3.63, 3.8) is 0 Å². The minimum Gasteiger partial charge on any atom is -0.253 e. The van der Waals surface area contributed by atoms with Crippen LogP contribution in [0.15, 0.2) is 12.4 Å². The first kappa shape index (κ1) is 7.81. The maximum atomic E-state index is 10.4. The first-order valence-electron chi connectivity index (χ1n) is 2.67. The van der Waals surface area contributed by atoms with Crippen molar-refractivity contribution in [2.24, 2.45) is 0 Å². The molecule has 1 heterocycles. The number of aromatic nitrogens is 2. The lowest BCUT2D eigenvalue weighted by atomic mass is 10.4. The molecular weight excluding hydrogens is 167 g/mol. The number of hydrogen-bond donors (Lipinski definition) is 0. The van der Waals surface area contributed by atoms with Crippen LogP contribution in [0.2, 0.25) is 0 Å². The molecule has 0 atom stereocenters. The Morgan fingerprint density at radius 2 is 2.60 bits per heavy atom. The van der Waals surface area contributed by atoms with Gasteiger partial charge in [0.2, 0.25) is 0 Å². The average molecular weight is 171 g/mol. The lowest BCUT2D eigenvalue weighted by Crippen LogP contribution is -2.00. The van der Waals surface area contributed by atoms with Crippen molar-refractivity contribution in [1.29, 1.82) is 0 Å². The molecule has 2 radical (unpaired) electrons. The molecule has 3 nitrogen and oxygen atoms in total. The Morgan fingerprint density at radius 3 is 2.90 bits per heavy atom. The summed E-state index contributed by atoms with van der Waals surface area (Å²) in [6.07, 6.45) is 3.20. The molecule has 10 heavy (non-hydrogen) atoms. The van der Waals surface area contributed by atoms with E-state index in [9.17, 15) is 4.79 Å². The van der Waals surface area contributed by atoms with Crippen LogP contribution in [0.1, 0.15) is 5.56 Å². The summed E-state index contributed by atoms with van der Waals surface area (Å²) in [4.78, 5) is 10.4. The van der Waals surface area contributed by atoms with Crippen molar-refractivity contribution in [2.75, 3.05) is 0 Å². The van der Waals surface area contributed by atoms with Crippen LogP contribution in [0.25, 0.3) is 0 Å². The second-order valence-electron chi connectivity index (χ2n) is 1.75. The summed E-state index contributed by atoms with van der Waals surface area (Å²) in [7, 11) is 0. The topological polar surface area (TPSA) is 34.9 Å². The summed E-state index contributed by atoms with van der Waals surface area (Å²) in [6.45, 7) is 0. The Morgan fingerprint density at radius 1 is 1.90 bits per heavy atom. The molecule has 50 valence electrons. The van der Waals surface area contributed by atoms with E-state index in [2.05, 4.69) is 21.4 Å². The zero-order valence-corrected chi connectivity index (χ0v) is 7.03. The standard InChI is InChI=1S/C5H4ClN2O.Al/c1-4-2-7-8(3-4)5(6)9;/h2-3H,1H2;. The lowest BCUT2D eigenvalue weighted by molar-refractivity contribution is 0.258. The van der Waals surface area contributed by atoms with Crippen molar-refractivity contribution in [3.8, 4) is 0 Å². The third kappa shape index (κ3) is 1.60. The van der Waals surface area contributed by atoms with E-state index in [1.807, 2.05) is 0 Å². The number of rotatable bonds is 1. The Labute approximate surface area is 71.4 Å². The normalized spacial score (nSPS) is 9.70. The summed E-state index contributed by atoms with van der Waals surface area (Å²) in [5.74, 6) is 0. The molecule has 0 aliphatic carbocycles. The fourth-order valence-electron chi connectivity index (χ4n) is 0.562. The Kier molecular flexibility index (Phi) is 2.50. The van der Waals surface area contributed by atoms with Crippen LogP contribution >= 0.6 is 11.6 Å². The zero-order valence-electron chi connectivity index (χ0n) is 5.12. The van der Waals surface area contributed by atoms with Gasteiger partial charge in [0, 0.05) is 6.20 Å². The van der Waals surface area contributed by atoms with Gasteiger partial charge in [-0.2, -0.15) is 9.78 Å². The fourth-order valence-corrected chi connectivity index (χ4v) is 0.865. The molecule has 0 fully saturated rings. The second kappa shape index (κ2) is 3.20. The van der Waals surface area contributed by atoms with Gasteiger partial charge >= 0.3 is 5.37 Å². The molecule has 0 amide bonds. The van der Waals surface area contributed by atoms with E-state index in [4.69, 9.17) is 11.6 Å². The maximum absolute atomic E-state index is 10.4. The van der Waals surface area contributed by atoms with Crippen molar-refractivity contribution in [3.05, 3.63) is 18.0 Å². The average Bonchev–Trinajstić information content (AvgIpc) is 2.34. The molecule has 0 aliphatic heterocycles. The zero-order chi connectivity index (χ0) is 7.56. The van der Waals surface area contributed by atoms with E-state index < -0.39 is 5.37 Å². The summed E-state index contributed by atoms with van der Waals surface area (Å²) in [5.41, 5.74) is 0.971. The van der Waals surface area contributed by atoms with Gasteiger partial charge in [0.15, 0.2) is 0 Å². The molecule has 0 aromatic carbocycles. The highest BCUT2D eigenvalue weighted by atomic mass is 35.5. The van der Waals surface area contributed by atoms with E-state index in [1.165, 1.54) is 0 Å². The van der Waals surface area contributed by atoms with E-state index >= 15 is 0 Å². The van der Waals surface area contributed by atoms with Gasteiger partial charge in [-0.15, -0.1) is 0 Å². The predicted octanol–water partition coefficient (Wildman–Crippen LogP) is 0.758. The third-order valence-electron chi connectivity index (χ3n) is 1.05. The quantitative estimate of drug-likeness (QED) is 0.461. The van der Waals surface area contributed by atoms with E-state index in [-0.39, 0.29) is 0 Å². The molecule has 0 spiro atoms. The van der Waals surface area contributed by atoms with Crippen LogP contribution < -0.4 is 0 Å². The Bertz CT molecular complexity index is 248. The first-order valence-corrected chi connectivity index (χ1v) is 3.87. The van der Waals surface area contributed by atoms with Gasteiger partial charge in [-0.25, -0.2) is 0 Å². The first-order chi connectivity index (χ1) is 4.74. The Hall–Kier alpha value is -0.298. The highest BCUT2D eigenvalue weighted by Crippen LogP contribution is 1.97. The summed E-state index contributed by atoms with van der Waals surface area (Å²) in [6, 6.07) is 0. The number of carbonyl (C=O) groups excluding carboxylic acids is 1. The smallest absolute Gasteiger partial charge is 0.253 e. The third-order valence-corrected chi connectivity index (χ3v) is 1.70. The molecule has 0 saturated carbocycles. The van der Waals surface area contributed by atoms with E-state index in [1.54, 1.807) is 12.4 Å². The van der Waals surface area contributed by atoms with Crippen LogP contribution in [0.3, 0.4) is 0 Å². The van der Waals surface area contributed by atoms with Gasteiger partial charge in [-0.3, -0.25) is 4.79 Å². The summed E-state index contributed by atoms with van der Waals surface area (Å²) >= 11 is 7.66. The maximum Gasteiger partial charge on any atom is 0.340 e. The van der Waals surface area contributed by atoms with Crippen LogP contribution in [-0.4, -0.2) is 31.4 Å². The molecule has 5 heteroatoms. The van der Waals surface area contributed by atoms with Gasteiger partial charge in [0.05, 0.1) is 6.20 Å². The molecule has 1 aromatic rings. The molecule has 0 unspecified atom stereocenters. The molecular formula is C5H4AlClN2O. The largest absolute Gasteiger partial charge is 0.340 e. The van der Waals surface area contributed by atoms with Crippen molar-refractivity contribution in [2.45, 2.75) is 5.28 Å². The van der Waals surface area contributed by atoms with E-state index in [0.717, 1.165) is 15.5 Å². The monoisotopic (exact) mass is 170 g/mol. The highest BCUT2D eigenvalue weighted by Gasteiger charge is 2.00. The van der Waals surface area contributed by atoms with Crippen LogP contribution in [0, 0.1) is 0 Å². The summed E-state index contributed by atoms with van der Waals surface area (Å²) in [5, 5.41) is 3.91. The molecule has 1 aromatic heterocycles. The number of hydrogen-bond acceptors (Lipinski definition) is 2. The van der Waals surface area contributed by atoms with Gasteiger partial charge in [0.1, 0.15) is 16.3 Å². The van der Waals surface area contributed by atoms with Crippen LogP contribution in [0.5, 0.6) is 0 Å². The molecule has 0 bridgehead atoms. The summed E-state index contributed by atoms with van der Waals surface area (Å²) < 4.78 is 1.10. The van der Waals surface area contributed by atoms with Crippen LogP contribution in [-0.2, 0) is 5.28 Å². The number of carbonyl (C=O) groups is 1. The minimum atomic E-state index is -0.579. The minimum absolute atomic E-state index is 0.579. The molecule has 1 rings (SSSR count). The highest BCUT2D eigenvalue weighted by molar-refractivity contribution is 6.63. The van der Waals surface area contributed by atoms with Gasteiger partial charge in [0.25, 0.3) is 0 Å². The predicted molar refractivity (Wildman–Crippen MR) is 38.3 cm³/mol. The van der Waals surface area contributed by atoms with Crippen LogP contribution in [0.4, 0.5) is 4.79 Å².